The van der Waals surface area contributed by atoms with Gasteiger partial charge in [0.15, 0.2) is 0 Å². The van der Waals surface area contributed by atoms with E-state index in [9.17, 15) is 17.6 Å². The molecular formula is C16H24Cl2F4N2O. The van der Waals surface area contributed by atoms with E-state index in [1.807, 2.05) is 6.92 Å². The van der Waals surface area contributed by atoms with Gasteiger partial charge in [0.2, 0.25) is 0 Å². The van der Waals surface area contributed by atoms with Crippen molar-refractivity contribution >= 4 is 24.8 Å². The highest BCUT2D eigenvalue weighted by atomic mass is 35.5. The predicted molar refractivity (Wildman–Crippen MR) is 94.6 cm³/mol. The Morgan fingerprint density at radius 3 is 2.32 bits per heavy atom. The fourth-order valence-corrected chi connectivity index (χ4v) is 2.84. The standard InChI is InChI=1S/C16H22F4N2O.2ClH/c1-2-5-13(22-10-8-21-9-11-22)12-6-3-4-7-14(12)23-16(19,20)15(17)18;;/h3-4,6-7,13,15,21H,2,5,8-11H2,1H3;2*1H/t13-;;/m0../s1. The molecule has 1 atom stereocenters. The van der Waals surface area contributed by atoms with Crippen LogP contribution >= 0.6 is 24.8 Å². The Morgan fingerprint density at radius 1 is 1.16 bits per heavy atom. The molecule has 3 nitrogen and oxygen atoms in total. The Balaban J connectivity index is 0.00000288. The maximum absolute atomic E-state index is 13.3. The molecule has 1 aliphatic rings. The van der Waals surface area contributed by atoms with Crippen molar-refractivity contribution < 1.29 is 22.3 Å². The van der Waals surface area contributed by atoms with Crippen LogP contribution in [0.25, 0.3) is 0 Å². The number of halogens is 6. The number of nitrogens with zero attached hydrogens (tertiary/aromatic N) is 1. The van der Waals surface area contributed by atoms with Crippen molar-refractivity contribution in [1.82, 2.24) is 10.2 Å². The van der Waals surface area contributed by atoms with Crippen LogP contribution in [0.4, 0.5) is 17.6 Å². The zero-order valence-corrected chi connectivity index (χ0v) is 15.5. The van der Waals surface area contributed by atoms with Crippen molar-refractivity contribution in [2.75, 3.05) is 26.2 Å². The summed E-state index contributed by atoms with van der Waals surface area (Å²) in [6, 6.07) is 6.12. The Kier molecular flexibility index (Phi) is 10.7. The minimum Gasteiger partial charge on any atom is -0.428 e. The van der Waals surface area contributed by atoms with E-state index in [-0.39, 0.29) is 36.6 Å². The highest BCUT2D eigenvalue weighted by Gasteiger charge is 2.44. The smallest absolute Gasteiger partial charge is 0.428 e. The summed E-state index contributed by atoms with van der Waals surface area (Å²) in [5.41, 5.74) is 0.538. The molecule has 0 unspecified atom stereocenters. The third kappa shape index (κ3) is 6.47. The predicted octanol–water partition coefficient (Wildman–Crippen LogP) is 4.51. The summed E-state index contributed by atoms with van der Waals surface area (Å²) < 4.78 is 55.9. The normalized spacial score (nSPS) is 16.7. The summed E-state index contributed by atoms with van der Waals surface area (Å²) in [5.74, 6) is -0.171. The Labute approximate surface area is 157 Å². The van der Waals surface area contributed by atoms with Gasteiger partial charge in [0.1, 0.15) is 5.75 Å². The number of para-hydroxylation sites is 1. The van der Waals surface area contributed by atoms with Gasteiger partial charge in [-0.15, -0.1) is 24.8 Å². The topological polar surface area (TPSA) is 24.5 Å². The van der Waals surface area contributed by atoms with Gasteiger partial charge in [-0.1, -0.05) is 31.5 Å². The molecule has 1 saturated heterocycles. The third-order valence-electron chi connectivity index (χ3n) is 3.93. The molecule has 146 valence electrons. The number of benzene rings is 1. The zero-order valence-electron chi connectivity index (χ0n) is 13.9. The first-order valence-corrected chi connectivity index (χ1v) is 7.84. The number of alkyl halides is 4. The van der Waals surface area contributed by atoms with Crippen LogP contribution in [0.5, 0.6) is 5.75 Å². The van der Waals surface area contributed by atoms with Crippen molar-refractivity contribution in [3.05, 3.63) is 29.8 Å². The molecule has 1 fully saturated rings. The molecule has 9 heteroatoms. The van der Waals surface area contributed by atoms with Crippen LogP contribution in [0.3, 0.4) is 0 Å². The average molecular weight is 407 g/mol. The van der Waals surface area contributed by atoms with Crippen molar-refractivity contribution in [2.45, 2.75) is 38.3 Å². The summed E-state index contributed by atoms with van der Waals surface area (Å²) >= 11 is 0. The molecule has 0 spiro atoms. The Hall–Kier alpha value is -0.760. The van der Waals surface area contributed by atoms with Gasteiger partial charge in [0, 0.05) is 37.8 Å². The molecule has 25 heavy (non-hydrogen) atoms. The van der Waals surface area contributed by atoms with Gasteiger partial charge in [-0.25, -0.2) is 0 Å². The van der Waals surface area contributed by atoms with Crippen LogP contribution in [0.15, 0.2) is 24.3 Å². The number of hydrogen-bond donors (Lipinski definition) is 1. The fraction of sp³-hybridized carbons (Fsp3) is 0.625. The number of nitrogens with one attached hydrogen (secondary N) is 1. The molecular weight excluding hydrogens is 383 g/mol. The number of piperazine rings is 1. The molecule has 0 radical (unpaired) electrons. The quantitative estimate of drug-likeness (QED) is 0.673. The number of rotatable bonds is 7. The zero-order chi connectivity index (χ0) is 16.9. The molecule has 2 rings (SSSR count). The molecule has 0 aliphatic carbocycles. The average Bonchev–Trinajstić information content (AvgIpc) is 2.54. The van der Waals surface area contributed by atoms with Gasteiger partial charge in [-0.05, 0) is 12.5 Å². The third-order valence-corrected chi connectivity index (χ3v) is 3.93. The second-order valence-electron chi connectivity index (χ2n) is 5.59. The summed E-state index contributed by atoms with van der Waals surface area (Å²) in [7, 11) is 0. The molecule has 1 aliphatic heterocycles. The molecule has 1 aromatic rings. The minimum atomic E-state index is -4.49. The van der Waals surface area contributed by atoms with Crippen molar-refractivity contribution in [3.63, 3.8) is 0 Å². The van der Waals surface area contributed by atoms with Crippen LogP contribution in [-0.2, 0) is 0 Å². The van der Waals surface area contributed by atoms with Gasteiger partial charge >= 0.3 is 12.5 Å². The molecule has 1 N–H and O–H groups in total. The summed E-state index contributed by atoms with van der Waals surface area (Å²) in [5, 5.41) is 3.24. The van der Waals surface area contributed by atoms with Crippen LogP contribution in [-0.4, -0.2) is 43.6 Å². The molecule has 1 aromatic carbocycles. The summed E-state index contributed by atoms with van der Waals surface area (Å²) in [4.78, 5) is 2.18. The monoisotopic (exact) mass is 406 g/mol. The lowest BCUT2D eigenvalue weighted by molar-refractivity contribution is -0.253. The fourth-order valence-electron chi connectivity index (χ4n) is 2.84. The van der Waals surface area contributed by atoms with E-state index in [0.29, 0.717) is 5.56 Å². The van der Waals surface area contributed by atoms with Gasteiger partial charge in [0.05, 0.1) is 0 Å². The SMILES string of the molecule is CCC[C@@H](c1ccccc1OC(F)(F)C(F)F)N1CCNCC1.Cl.Cl. The van der Waals surface area contributed by atoms with Gasteiger partial charge < -0.3 is 10.1 Å². The van der Waals surface area contributed by atoms with E-state index in [1.54, 1.807) is 12.1 Å². The van der Waals surface area contributed by atoms with E-state index >= 15 is 0 Å². The van der Waals surface area contributed by atoms with Crippen molar-refractivity contribution in [1.29, 1.82) is 0 Å². The summed E-state index contributed by atoms with van der Waals surface area (Å²) in [6.07, 6.45) is -6.75. The molecule has 0 aromatic heterocycles. The van der Waals surface area contributed by atoms with Gasteiger partial charge in [-0.2, -0.15) is 17.6 Å². The van der Waals surface area contributed by atoms with E-state index in [0.717, 1.165) is 39.0 Å². The molecule has 0 amide bonds. The van der Waals surface area contributed by atoms with E-state index in [2.05, 4.69) is 15.0 Å². The van der Waals surface area contributed by atoms with Crippen LogP contribution in [0, 0.1) is 0 Å². The van der Waals surface area contributed by atoms with Crippen molar-refractivity contribution in [3.8, 4) is 5.75 Å². The lowest BCUT2D eigenvalue weighted by atomic mass is 9.99. The maximum Gasteiger partial charge on any atom is 0.461 e. The highest BCUT2D eigenvalue weighted by Crippen LogP contribution is 2.36. The molecule has 1 heterocycles. The van der Waals surface area contributed by atoms with Gasteiger partial charge in [-0.3, -0.25) is 4.90 Å². The minimum absolute atomic E-state index is 0. The first kappa shape index (κ1) is 24.2. The van der Waals surface area contributed by atoms with Crippen LogP contribution in [0.2, 0.25) is 0 Å². The lowest BCUT2D eigenvalue weighted by Gasteiger charge is -2.36. The molecule has 0 saturated carbocycles. The highest BCUT2D eigenvalue weighted by molar-refractivity contribution is 5.85. The summed E-state index contributed by atoms with van der Waals surface area (Å²) in [6.45, 7) is 5.20. The second-order valence-corrected chi connectivity index (χ2v) is 5.59. The Morgan fingerprint density at radius 2 is 1.76 bits per heavy atom. The maximum atomic E-state index is 13.3. The largest absolute Gasteiger partial charge is 0.461 e. The van der Waals surface area contributed by atoms with E-state index < -0.39 is 12.5 Å². The van der Waals surface area contributed by atoms with Crippen molar-refractivity contribution in [2.24, 2.45) is 0 Å². The number of hydrogen-bond acceptors (Lipinski definition) is 3. The second kappa shape index (κ2) is 11.1. The number of ether oxygens (including phenoxy) is 1. The Bertz CT molecular complexity index is 503. The lowest BCUT2D eigenvalue weighted by Crippen LogP contribution is -2.45. The first-order valence-electron chi connectivity index (χ1n) is 7.84. The van der Waals surface area contributed by atoms with E-state index in [4.69, 9.17) is 0 Å². The van der Waals surface area contributed by atoms with Crippen LogP contribution in [0.1, 0.15) is 31.4 Å². The van der Waals surface area contributed by atoms with E-state index in [1.165, 1.54) is 12.1 Å². The molecule has 0 bridgehead atoms. The van der Waals surface area contributed by atoms with Crippen LogP contribution < -0.4 is 10.1 Å². The first-order chi connectivity index (χ1) is 11.0. The van der Waals surface area contributed by atoms with Gasteiger partial charge in [0.25, 0.3) is 0 Å².